The van der Waals surface area contributed by atoms with Gasteiger partial charge >= 0.3 is 0 Å². The van der Waals surface area contributed by atoms with Gasteiger partial charge in [-0.25, -0.2) is 5.43 Å². The lowest BCUT2D eigenvalue weighted by atomic mass is 10.2. The highest BCUT2D eigenvalue weighted by Gasteiger charge is 2.08. The van der Waals surface area contributed by atoms with E-state index in [0.717, 1.165) is 14.5 Å². The van der Waals surface area contributed by atoms with Gasteiger partial charge in [0.05, 0.1) is 10.9 Å². The molecule has 2 amide bonds. The molecule has 8 heteroatoms. The number of hydrogen-bond acceptors (Lipinski definition) is 4. The van der Waals surface area contributed by atoms with Gasteiger partial charge in [-0.2, -0.15) is 5.10 Å². The van der Waals surface area contributed by atoms with E-state index in [-0.39, 0.29) is 18.9 Å². The molecule has 0 aromatic heterocycles. The van der Waals surface area contributed by atoms with Crippen LogP contribution in [-0.2, 0) is 9.59 Å². The number of carbonyl (C=O) groups excluding carboxylic acids is 2. The second-order valence-electron chi connectivity index (χ2n) is 4.97. The molecule has 24 heavy (non-hydrogen) atoms. The van der Waals surface area contributed by atoms with Crippen LogP contribution in [0.3, 0.4) is 0 Å². The van der Waals surface area contributed by atoms with Crippen molar-refractivity contribution in [1.82, 2.24) is 10.7 Å². The quantitative estimate of drug-likeness (QED) is 0.355. The summed E-state index contributed by atoms with van der Waals surface area (Å²) in [5.41, 5.74) is 3.84. The SMILES string of the molecule is C=CCNC(=O)C/C(C)=N/NC(=O)COc1cc(C)c(Br)cc1Br. The molecule has 0 aliphatic heterocycles. The van der Waals surface area contributed by atoms with Crippen LogP contribution in [0.4, 0.5) is 0 Å². The third-order valence-electron chi connectivity index (χ3n) is 2.80. The van der Waals surface area contributed by atoms with Gasteiger partial charge in [0.25, 0.3) is 5.91 Å². The largest absolute Gasteiger partial charge is 0.483 e. The number of carbonyl (C=O) groups is 2. The van der Waals surface area contributed by atoms with Crippen molar-refractivity contribution in [2.24, 2.45) is 5.10 Å². The van der Waals surface area contributed by atoms with E-state index < -0.39 is 5.91 Å². The molecule has 0 spiro atoms. The van der Waals surface area contributed by atoms with E-state index in [0.29, 0.717) is 18.0 Å². The lowest BCUT2D eigenvalue weighted by Gasteiger charge is -2.09. The zero-order valence-corrected chi connectivity index (χ0v) is 16.7. The van der Waals surface area contributed by atoms with Crippen LogP contribution in [0.15, 0.2) is 38.8 Å². The third-order valence-corrected chi connectivity index (χ3v) is 4.28. The van der Waals surface area contributed by atoms with Crippen molar-refractivity contribution in [3.8, 4) is 5.75 Å². The predicted molar refractivity (Wildman–Crippen MR) is 101 cm³/mol. The summed E-state index contributed by atoms with van der Waals surface area (Å²) >= 11 is 6.79. The lowest BCUT2D eigenvalue weighted by Crippen LogP contribution is -2.28. The highest BCUT2D eigenvalue weighted by atomic mass is 79.9. The minimum Gasteiger partial charge on any atom is -0.483 e. The number of amides is 2. The Kier molecular flexibility index (Phi) is 8.70. The molecule has 130 valence electrons. The number of ether oxygens (including phenoxy) is 1. The van der Waals surface area contributed by atoms with Crippen LogP contribution in [-0.4, -0.2) is 30.7 Å². The first-order valence-electron chi connectivity index (χ1n) is 7.11. The molecule has 0 aliphatic rings. The van der Waals surface area contributed by atoms with Crippen molar-refractivity contribution in [2.45, 2.75) is 20.3 Å². The highest BCUT2D eigenvalue weighted by Crippen LogP contribution is 2.31. The second kappa shape index (κ2) is 10.2. The van der Waals surface area contributed by atoms with Crippen LogP contribution >= 0.6 is 31.9 Å². The first kappa shape index (κ1) is 20.4. The van der Waals surface area contributed by atoms with Gasteiger partial charge in [-0.15, -0.1) is 6.58 Å². The molecular formula is C16H19Br2N3O3. The molecule has 0 saturated heterocycles. The average molecular weight is 461 g/mol. The smallest absolute Gasteiger partial charge is 0.277 e. The predicted octanol–water partition coefficient (Wildman–Crippen LogP) is 3.08. The molecule has 2 N–H and O–H groups in total. The number of hydrazone groups is 1. The molecule has 0 radical (unpaired) electrons. The topological polar surface area (TPSA) is 79.8 Å². The molecule has 0 aliphatic carbocycles. The summed E-state index contributed by atoms with van der Waals surface area (Å²) in [6.45, 7) is 7.31. The Morgan fingerprint density at radius 2 is 2.00 bits per heavy atom. The molecule has 1 aromatic rings. The Morgan fingerprint density at radius 1 is 1.29 bits per heavy atom. The lowest BCUT2D eigenvalue weighted by molar-refractivity contribution is -0.123. The molecule has 1 rings (SSSR count). The van der Waals surface area contributed by atoms with E-state index in [1.54, 1.807) is 13.0 Å². The fraction of sp³-hybridized carbons (Fsp3) is 0.312. The maximum atomic E-state index is 11.8. The van der Waals surface area contributed by atoms with E-state index in [4.69, 9.17) is 4.74 Å². The fourth-order valence-electron chi connectivity index (χ4n) is 1.60. The number of halogens is 2. The average Bonchev–Trinajstić information content (AvgIpc) is 2.53. The highest BCUT2D eigenvalue weighted by molar-refractivity contribution is 9.11. The van der Waals surface area contributed by atoms with Gasteiger partial charge in [0.15, 0.2) is 6.61 Å². The van der Waals surface area contributed by atoms with Crippen molar-refractivity contribution in [3.63, 3.8) is 0 Å². The van der Waals surface area contributed by atoms with Gasteiger partial charge in [-0.05, 0) is 47.5 Å². The Morgan fingerprint density at radius 3 is 2.67 bits per heavy atom. The zero-order chi connectivity index (χ0) is 18.1. The van der Waals surface area contributed by atoms with E-state index in [1.165, 1.54) is 0 Å². The van der Waals surface area contributed by atoms with Crippen molar-refractivity contribution in [3.05, 3.63) is 39.3 Å². The fourth-order valence-corrected chi connectivity index (χ4v) is 2.70. The Labute approximate surface area is 158 Å². The molecule has 0 atom stereocenters. The van der Waals surface area contributed by atoms with Gasteiger partial charge in [-0.1, -0.05) is 22.0 Å². The summed E-state index contributed by atoms with van der Waals surface area (Å²) in [6, 6.07) is 3.67. The maximum Gasteiger partial charge on any atom is 0.277 e. The number of rotatable bonds is 8. The molecule has 6 nitrogen and oxygen atoms in total. The molecular weight excluding hydrogens is 442 g/mol. The number of aryl methyl sites for hydroxylation is 1. The first-order valence-corrected chi connectivity index (χ1v) is 8.70. The van der Waals surface area contributed by atoms with E-state index in [1.807, 2.05) is 19.1 Å². The standard InChI is InChI=1S/C16H19Br2N3O3/c1-4-5-19-15(22)7-11(3)20-21-16(23)9-24-14-6-10(2)12(17)8-13(14)18/h4,6,8H,1,5,7,9H2,2-3H3,(H,19,22)(H,21,23)/b20-11+. The third kappa shape index (κ3) is 7.27. The Bertz CT molecular complexity index is 660. The number of nitrogens with zero attached hydrogens (tertiary/aromatic N) is 1. The van der Waals surface area contributed by atoms with Crippen LogP contribution in [0.5, 0.6) is 5.75 Å². The van der Waals surface area contributed by atoms with E-state index >= 15 is 0 Å². The number of nitrogens with one attached hydrogen (secondary N) is 2. The first-order chi connectivity index (χ1) is 11.3. The number of benzene rings is 1. The van der Waals surface area contributed by atoms with Crippen LogP contribution in [0.1, 0.15) is 18.9 Å². The van der Waals surface area contributed by atoms with Gasteiger partial charge < -0.3 is 10.1 Å². The van der Waals surface area contributed by atoms with E-state index in [9.17, 15) is 9.59 Å². The Hall–Kier alpha value is -1.67. The summed E-state index contributed by atoms with van der Waals surface area (Å²) in [5, 5.41) is 6.50. The van der Waals surface area contributed by atoms with Gasteiger partial charge in [0, 0.05) is 16.7 Å². The maximum absolute atomic E-state index is 11.8. The van der Waals surface area contributed by atoms with Gasteiger partial charge in [0.1, 0.15) is 5.75 Å². The summed E-state index contributed by atoms with van der Waals surface area (Å²) < 4.78 is 7.15. The van der Waals surface area contributed by atoms with Crippen LogP contribution in [0, 0.1) is 6.92 Å². The summed E-state index contributed by atoms with van der Waals surface area (Å²) in [6.07, 6.45) is 1.69. The minimum atomic E-state index is -0.409. The van der Waals surface area contributed by atoms with Gasteiger partial charge in [-0.3, -0.25) is 9.59 Å². The molecule has 0 unspecified atom stereocenters. The summed E-state index contributed by atoms with van der Waals surface area (Å²) in [7, 11) is 0. The molecule has 0 saturated carbocycles. The summed E-state index contributed by atoms with van der Waals surface area (Å²) in [4.78, 5) is 23.2. The van der Waals surface area contributed by atoms with Crippen molar-refractivity contribution < 1.29 is 14.3 Å². The van der Waals surface area contributed by atoms with Crippen LogP contribution in [0.2, 0.25) is 0 Å². The van der Waals surface area contributed by atoms with Crippen molar-refractivity contribution in [2.75, 3.05) is 13.2 Å². The molecule has 0 fully saturated rings. The normalized spacial score (nSPS) is 10.9. The van der Waals surface area contributed by atoms with Crippen molar-refractivity contribution >= 4 is 49.4 Å². The second-order valence-corrected chi connectivity index (χ2v) is 6.68. The van der Waals surface area contributed by atoms with Crippen LogP contribution < -0.4 is 15.5 Å². The molecule has 0 bridgehead atoms. The summed E-state index contributed by atoms with van der Waals surface area (Å²) in [5.74, 6) is -0.0282. The van der Waals surface area contributed by atoms with Crippen molar-refractivity contribution in [1.29, 1.82) is 0 Å². The minimum absolute atomic E-state index is 0.104. The Balaban J connectivity index is 2.46. The zero-order valence-electron chi connectivity index (χ0n) is 13.5. The van der Waals surface area contributed by atoms with Gasteiger partial charge in [0.2, 0.25) is 5.91 Å². The van der Waals surface area contributed by atoms with Crippen LogP contribution in [0.25, 0.3) is 0 Å². The monoisotopic (exact) mass is 459 g/mol. The molecule has 0 heterocycles. The molecule has 1 aromatic carbocycles. The number of hydrogen-bond donors (Lipinski definition) is 2. The van der Waals surface area contributed by atoms with E-state index in [2.05, 4.69) is 54.3 Å².